The van der Waals surface area contributed by atoms with Crippen molar-refractivity contribution in [3.05, 3.63) is 36.0 Å². The number of amides is 2. The van der Waals surface area contributed by atoms with E-state index in [-0.39, 0.29) is 24.4 Å². The van der Waals surface area contributed by atoms with E-state index >= 15 is 0 Å². The van der Waals surface area contributed by atoms with Crippen LogP contribution in [-0.4, -0.2) is 53.6 Å². The number of benzene rings is 1. The summed E-state index contributed by atoms with van der Waals surface area (Å²) in [7, 11) is 1.65. The number of hydrogen-bond donors (Lipinski definition) is 1. The van der Waals surface area contributed by atoms with Crippen molar-refractivity contribution >= 4 is 22.7 Å². The Morgan fingerprint density at radius 1 is 1.42 bits per heavy atom. The Kier molecular flexibility index (Phi) is 5.24. The summed E-state index contributed by atoms with van der Waals surface area (Å²) < 4.78 is 7.15. The van der Waals surface area contributed by atoms with Crippen LogP contribution in [0.3, 0.4) is 0 Å². The minimum absolute atomic E-state index is 0.0470. The zero-order chi connectivity index (χ0) is 18.7. The lowest BCUT2D eigenvalue weighted by atomic mass is 10.1. The number of hydrogen-bond acceptors (Lipinski definition) is 4. The van der Waals surface area contributed by atoms with Crippen molar-refractivity contribution < 1.29 is 14.3 Å². The molecule has 7 nitrogen and oxygen atoms in total. The maximum atomic E-state index is 12.6. The number of aromatic nitrogens is 1. The molecule has 1 fully saturated rings. The largest absolute Gasteiger partial charge is 0.383 e. The van der Waals surface area contributed by atoms with Gasteiger partial charge in [-0.3, -0.25) is 9.59 Å². The Hall–Kier alpha value is -2.85. The fourth-order valence-corrected chi connectivity index (χ4v) is 3.37. The Bertz CT molecular complexity index is 867. The van der Waals surface area contributed by atoms with Crippen molar-refractivity contribution in [2.24, 2.45) is 0 Å². The topological polar surface area (TPSA) is 87.4 Å². The van der Waals surface area contributed by atoms with E-state index in [9.17, 15) is 9.59 Å². The normalized spacial score (nSPS) is 19.7. The summed E-state index contributed by atoms with van der Waals surface area (Å²) in [5, 5.41) is 12.7. The van der Waals surface area contributed by atoms with Crippen LogP contribution in [0, 0.1) is 11.3 Å². The van der Waals surface area contributed by atoms with Crippen LogP contribution >= 0.6 is 0 Å². The van der Waals surface area contributed by atoms with Gasteiger partial charge >= 0.3 is 0 Å². The van der Waals surface area contributed by atoms with Gasteiger partial charge in [-0.05, 0) is 36.9 Å². The van der Waals surface area contributed by atoms with Crippen molar-refractivity contribution in [1.29, 1.82) is 5.26 Å². The van der Waals surface area contributed by atoms with Gasteiger partial charge in [0.1, 0.15) is 12.6 Å². The highest BCUT2D eigenvalue weighted by Gasteiger charge is 2.37. The lowest BCUT2D eigenvalue weighted by molar-refractivity contribution is -0.129. The van der Waals surface area contributed by atoms with Crippen molar-refractivity contribution in [3.8, 4) is 6.07 Å². The van der Waals surface area contributed by atoms with E-state index in [1.54, 1.807) is 13.2 Å². The van der Waals surface area contributed by atoms with E-state index in [4.69, 9.17) is 10.00 Å². The Labute approximate surface area is 152 Å². The van der Waals surface area contributed by atoms with Gasteiger partial charge in [-0.2, -0.15) is 5.26 Å². The molecule has 2 atom stereocenters. The number of nitriles is 1. The SMILES string of the molecule is COCCn1ccc2ccc(C(=O)NC3CC(C)N(CC#N)C3=O)cc21. The second-order valence-electron chi connectivity index (χ2n) is 6.51. The summed E-state index contributed by atoms with van der Waals surface area (Å²) in [6, 6.07) is 8.84. The minimum atomic E-state index is -0.582. The summed E-state index contributed by atoms with van der Waals surface area (Å²) >= 11 is 0. The van der Waals surface area contributed by atoms with Crippen molar-refractivity contribution in [2.45, 2.75) is 32.0 Å². The lowest BCUT2D eigenvalue weighted by Gasteiger charge is -2.17. The predicted molar refractivity (Wildman–Crippen MR) is 96.5 cm³/mol. The van der Waals surface area contributed by atoms with Gasteiger partial charge in [-0.25, -0.2) is 0 Å². The Balaban J connectivity index is 1.76. The first-order valence-corrected chi connectivity index (χ1v) is 8.61. The maximum absolute atomic E-state index is 12.6. The monoisotopic (exact) mass is 354 g/mol. The molecular weight excluding hydrogens is 332 g/mol. The van der Waals surface area contributed by atoms with Gasteiger partial charge in [0.05, 0.1) is 12.7 Å². The molecule has 2 aromatic rings. The van der Waals surface area contributed by atoms with Crippen molar-refractivity contribution in [2.75, 3.05) is 20.3 Å². The molecule has 1 N–H and O–H groups in total. The molecule has 0 bridgehead atoms. The van der Waals surface area contributed by atoms with E-state index < -0.39 is 6.04 Å². The molecule has 1 aliphatic heterocycles. The Morgan fingerprint density at radius 3 is 2.96 bits per heavy atom. The van der Waals surface area contributed by atoms with Gasteiger partial charge in [0.2, 0.25) is 5.91 Å². The summed E-state index contributed by atoms with van der Waals surface area (Å²) in [6.07, 6.45) is 2.48. The van der Waals surface area contributed by atoms with Crippen LogP contribution in [0.4, 0.5) is 0 Å². The number of nitrogens with zero attached hydrogens (tertiary/aromatic N) is 3. The number of ether oxygens (including phenoxy) is 1. The van der Waals surface area contributed by atoms with Gasteiger partial charge in [-0.15, -0.1) is 0 Å². The van der Waals surface area contributed by atoms with E-state index in [1.807, 2.05) is 42.0 Å². The van der Waals surface area contributed by atoms with Gasteiger partial charge in [0, 0.05) is 37.0 Å². The van der Waals surface area contributed by atoms with Crippen LogP contribution in [0.5, 0.6) is 0 Å². The first-order chi connectivity index (χ1) is 12.5. The number of methoxy groups -OCH3 is 1. The molecule has 1 aromatic carbocycles. The highest BCUT2D eigenvalue weighted by molar-refractivity contribution is 6.00. The molecule has 0 radical (unpaired) electrons. The molecule has 1 aliphatic rings. The average Bonchev–Trinajstić information content (AvgIpc) is 3.15. The molecule has 2 unspecified atom stereocenters. The van der Waals surface area contributed by atoms with Crippen LogP contribution < -0.4 is 5.32 Å². The molecule has 1 aromatic heterocycles. The van der Waals surface area contributed by atoms with Gasteiger partial charge in [0.15, 0.2) is 0 Å². The molecule has 0 spiro atoms. The number of nitrogens with one attached hydrogen (secondary N) is 1. The molecule has 26 heavy (non-hydrogen) atoms. The summed E-state index contributed by atoms with van der Waals surface area (Å²) in [6.45, 7) is 3.22. The first-order valence-electron chi connectivity index (χ1n) is 8.61. The van der Waals surface area contributed by atoms with E-state index in [2.05, 4.69) is 5.32 Å². The van der Waals surface area contributed by atoms with E-state index in [1.165, 1.54) is 4.90 Å². The molecule has 136 valence electrons. The third-order valence-electron chi connectivity index (χ3n) is 4.81. The second-order valence-corrected chi connectivity index (χ2v) is 6.51. The standard InChI is InChI=1S/C19H22N4O3/c1-13-11-16(19(25)23(13)8-6-20)21-18(24)15-4-3-14-5-7-22(9-10-26-2)17(14)12-15/h3-5,7,12-13,16H,8-11H2,1-2H3,(H,21,24). The quantitative estimate of drug-likeness (QED) is 0.797. The van der Waals surface area contributed by atoms with E-state index in [0.29, 0.717) is 25.1 Å². The van der Waals surface area contributed by atoms with Gasteiger partial charge in [-0.1, -0.05) is 6.07 Å². The van der Waals surface area contributed by atoms with Gasteiger partial charge in [0.25, 0.3) is 5.91 Å². The zero-order valence-electron chi connectivity index (χ0n) is 14.9. The average molecular weight is 354 g/mol. The lowest BCUT2D eigenvalue weighted by Crippen LogP contribution is -2.41. The number of likely N-dealkylation sites (tertiary alicyclic amines) is 1. The van der Waals surface area contributed by atoms with Crippen molar-refractivity contribution in [1.82, 2.24) is 14.8 Å². The molecule has 1 saturated heterocycles. The minimum Gasteiger partial charge on any atom is -0.383 e. The van der Waals surface area contributed by atoms with Crippen LogP contribution in [0.1, 0.15) is 23.7 Å². The fraction of sp³-hybridized carbons (Fsp3) is 0.421. The first kappa shape index (κ1) is 18.0. The highest BCUT2D eigenvalue weighted by Crippen LogP contribution is 2.21. The van der Waals surface area contributed by atoms with Crippen LogP contribution in [0.25, 0.3) is 10.9 Å². The van der Waals surface area contributed by atoms with Crippen LogP contribution in [0.2, 0.25) is 0 Å². The maximum Gasteiger partial charge on any atom is 0.252 e. The predicted octanol–water partition coefficient (Wildman–Crippen LogP) is 1.53. The molecule has 0 aliphatic carbocycles. The molecule has 2 amide bonds. The molecule has 2 heterocycles. The fourth-order valence-electron chi connectivity index (χ4n) is 3.37. The summed E-state index contributed by atoms with van der Waals surface area (Å²) in [4.78, 5) is 26.5. The van der Waals surface area contributed by atoms with Crippen LogP contribution in [-0.2, 0) is 16.1 Å². The van der Waals surface area contributed by atoms with Gasteiger partial charge < -0.3 is 19.5 Å². The third-order valence-corrected chi connectivity index (χ3v) is 4.81. The molecular formula is C19H22N4O3. The molecule has 0 saturated carbocycles. The van der Waals surface area contributed by atoms with E-state index in [0.717, 1.165) is 10.9 Å². The summed E-state index contributed by atoms with van der Waals surface area (Å²) in [5.41, 5.74) is 1.46. The highest BCUT2D eigenvalue weighted by atomic mass is 16.5. The smallest absolute Gasteiger partial charge is 0.252 e. The number of carbonyl (C=O) groups excluding carboxylic acids is 2. The zero-order valence-corrected chi connectivity index (χ0v) is 14.9. The summed E-state index contributed by atoms with van der Waals surface area (Å²) in [5.74, 6) is -0.479. The Morgan fingerprint density at radius 2 is 2.23 bits per heavy atom. The number of rotatable bonds is 6. The number of fused-ring (bicyclic) bond motifs is 1. The second kappa shape index (κ2) is 7.58. The number of carbonyl (C=O) groups is 2. The van der Waals surface area contributed by atoms with Crippen LogP contribution in [0.15, 0.2) is 30.5 Å². The molecule has 7 heteroatoms. The third kappa shape index (κ3) is 3.41. The molecule has 3 rings (SSSR count). The van der Waals surface area contributed by atoms with Crippen molar-refractivity contribution in [3.63, 3.8) is 0 Å².